The number of fused-ring (bicyclic) bond motifs is 1. The molecular formula is C27H36N4O4. The molecule has 188 valence electrons. The molecule has 1 aliphatic carbocycles. The second-order valence-corrected chi connectivity index (χ2v) is 9.58. The molecule has 3 aliphatic rings. The molecular weight excluding hydrogens is 444 g/mol. The number of likely N-dealkylation sites (N-methyl/N-ethyl adjacent to an activating group) is 1. The normalized spacial score (nSPS) is 20.8. The van der Waals surface area contributed by atoms with Gasteiger partial charge in [-0.1, -0.05) is 0 Å². The molecule has 5 rings (SSSR count). The van der Waals surface area contributed by atoms with E-state index in [9.17, 15) is 4.79 Å². The Labute approximate surface area is 207 Å². The molecule has 0 saturated carbocycles. The lowest BCUT2D eigenvalue weighted by atomic mass is 9.87. The van der Waals surface area contributed by atoms with Crippen LogP contribution in [0.4, 0.5) is 21.9 Å². The number of nitrogens with one attached hydrogen (secondary N) is 1. The van der Waals surface area contributed by atoms with Crippen LogP contribution in [-0.4, -0.2) is 83.7 Å². The lowest BCUT2D eigenvalue weighted by Crippen LogP contribution is -2.45. The summed E-state index contributed by atoms with van der Waals surface area (Å²) in [4.78, 5) is 19.8. The number of anilines is 3. The number of piperazine rings is 1. The van der Waals surface area contributed by atoms with Crippen LogP contribution >= 0.6 is 0 Å². The molecule has 2 aromatic rings. The van der Waals surface area contributed by atoms with E-state index in [0.717, 1.165) is 82.4 Å². The highest BCUT2D eigenvalue weighted by molar-refractivity contribution is 5.85. The Hall–Kier alpha value is -2.97. The molecule has 0 aromatic heterocycles. The van der Waals surface area contributed by atoms with Gasteiger partial charge in [0.1, 0.15) is 11.9 Å². The number of morpholine rings is 1. The first-order valence-electron chi connectivity index (χ1n) is 12.6. The Morgan fingerprint density at radius 2 is 1.69 bits per heavy atom. The van der Waals surface area contributed by atoms with Gasteiger partial charge in [0.05, 0.1) is 20.3 Å². The van der Waals surface area contributed by atoms with Crippen LogP contribution in [0.2, 0.25) is 0 Å². The Bertz CT molecular complexity index is 1010. The molecule has 1 amide bonds. The van der Waals surface area contributed by atoms with E-state index in [1.54, 1.807) is 7.11 Å². The molecule has 0 bridgehead atoms. The smallest absolute Gasteiger partial charge is 0.411 e. The van der Waals surface area contributed by atoms with Crippen LogP contribution < -0.4 is 19.9 Å². The minimum Gasteiger partial charge on any atom is -0.496 e. The molecule has 35 heavy (non-hydrogen) atoms. The Balaban J connectivity index is 1.23. The Morgan fingerprint density at radius 1 is 0.943 bits per heavy atom. The minimum absolute atomic E-state index is 0.159. The van der Waals surface area contributed by atoms with Crippen molar-refractivity contribution in [1.29, 1.82) is 0 Å². The number of nitrogens with zero attached hydrogens (tertiary/aromatic N) is 3. The second-order valence-electron chi connectivity index (χ2n) is 9.58. The standard InChI is InChI=1S/C27H36N4O4/c1-29-11-13-31(14-12-29)25-9-10-26(33-2)23-8-7-22(19-24(23)25)35-27(32)28-20-3-5-21(6-4-20)30-15-17-34-18-16-30/h3-6,9-10,22H,7-8,11-19H2,1-2H3,(H,28,32)/t22-/m0/s1. The van der Waals surface area contributed by atoms with Gasteiger partial charge in [-0.05, 0) is 67.4 Å². The summed E-state index contributed by atoms with van der Waals surface area (Å²) >= 11 is 0. The van der Waals surface area contributed by atoms with E-state index in [2.05, 4.69) is 39.2 Å². The van der Waals surface area contributed by atoms with Crippen LogP contribution in [0.3, 0.4) is 0 Å². The molecule has 2 fully saturated rings. The van der Waals surface area contributed by atoms with Crippen molar-refractivity contribution >= 4 is 23.2 Å². The third-order valence-electron chi connectivity index (χ3n) is 7.34. The quantitative estimate of drug-likeness (QED) is 0.704. The number of ether oxygens (including phenoxy) is 3. The van der Waals surface area contributed by atoms with Crippen molar-refractivity contribution in [3.63, 3.8) is 0 Å². The SMILES string of the molecule is COc1ccc(N2CCN(C)CC2)c2c1CC[C@H](OC(=O)Nc1ccc(N3CCOCC3)cc1)C2. The van der Waals surface area contributed by atoms with Gasteiger partial charge >= 0.3 is 6.09 Å². The zero-order chi connectivity index (χ0) is 24.2. The van der Waals surface area contributed by atoms with Crippen molar-refractivity contribution in [3.05, 3.63) is 47.5 Å². The maximum Gasteiger partial charge on any atom is 0.411 e. The summed E-state index contributed by atoms with van der Waals surface area (Å²) in [5.41, 5.74) is 5.64. The predicted octanol–water partition coefficient (Wildman–Crippen LogP) is 3.39. The molecule has 0 unspecified atom stereocenters. The van der Waals surface area contributed by atoms with Crippen molar-refractivity contribution in [2.45, 2.75) is 25.4 Å². The Kier molecular flexibility index (Phi) is 7.29. The first-order valence-corrected chi connectivity index (χ1v) is 12.6. The highest BCUT2D eigenvalue weighted by Crippen LogP contribution is 2.37. The number of carbonyl (C=O) groups is 1. The first-order chi connectivity index (χ1) is 17.1. The summed E-state index contributed by atoms with van der Waals surface area (Å²) in [5, 5.41) is 2.90. The van der Waals surface area contributed by atoms with Crippen LogP contribution in [-0.2, 0) is 22.3 Å². The van der Waals surface area contributed by atoms with Crippen molar-refractivity contribution in [2.24, 2.45) is 0 Å². The van der Waals surface area contributed by atoms with Gasteiger partial charge in [0.25, 0.3) is 0 Å². The molecule has 8 heteroatoms. The topological polar surface area (TPSA) is 66.5 Å². The third-order valence-corrected chi connectivity index (χ3v) is 7.34. The van der Waals surface area contributed by atoms with Crippen LogP contribution in [0.1, 0.15) is 17.5 Å². The van der Waals surface area contributed by atoms with Crippen LogP contribution in [0.5, 0.6) is 5.75 Å². The highest BCUT2D eigenvalue weighted by atomic mass is 16.6. The highest BCUT2D eigenvalue weighted by Gasteiger charge is 2.29. The predicted molar refractivity (Wildman–Crippen MR) is 138 cm³/mol. The van der Waals surface area contributed by atoms with Crippen molar-refractivity contribution in [3.8, 4) is 5.75 Å². The van der Waals surface area contributed by atoms with Gasteiger partial charge in [0.2, 0.25) is 0 Å². The molecule has 2 heterocycles. The number of rotatable bonds is 5. The lowest BCUT2D eigenvalue weighted by Gasteiger charge is -2.37. The van der Waals surface area contributed by atoms with Crippen LogP contribution in [0.15, 0.2) is 36.4 Å². The Morgan fingerprint density at radius 3 is 2.40 bits per heavy atom. The number of methoxy groups -OCH3 is 1. The lowest BCUT2D eigenvalue weighted by molar-refractivity contribution is 0.102. The van der Waals surface area contributed by atoms with Gasteiger partial charge in [0, 0.05) is 62.8 Å². The van der Waals surface area contributed by atoms with E-state index in [1.165, 1.54) is 16.8 Å². The molecule has 0 spiro atoms. The van der Waals surface area contributed by atoms with E-state index in [1.807, 2.05) is 24.3 Å². The molecule has 2 aliphatic heterocycles. The van der Waals surface area contributed by atoms with E-state index in [-0.39, 0.29) is 6.10 Å². The molecule has 8 nitrogen and oxygen atoms in total. The number of hydrogen-bond acceptors (Lipinski definition) is 7. The largest absolute Gasteiger partial charge is 0.496 e. The molecule has 1 atom stereocenters. The summed E-state index contributed by atoms with van der Waals surface area (Å²) in [6, 6.07) is 12.2. The fourth-order valence-electron chi connectivity index (χ4n) is 5.31. The number of hydrogen-bond donors (Lipinski definition) is 1. The third kappa shape index (κ3) is 5.49. The van der Waals surface area contributed by atoms with E-state index >= 15 is 0 Å². The van der Waals surface area contributed by atoms with Gasteiger partial charge in [-0.25, -0.2) is 4.79 Å². The molecule has 2 saturated heterocycles. The summed E-state index contributed by atoms with van der Waals surface area (Å²) in [6.45, 7) is 7.38. The fourth-order valence-corrected chi connectivity index (χ4v) is 5.31. The summed E-state index contributed by atoms with van der Waals surface area (Å²) in [6.07, 6.45) is 1.78. The number of carbonyl (C=O) groups excluding carboxylic acids is 1. The van der Waals surface area contributed by atoms with E-state index in [4.69, 9.17) is 14.2 Å². The van der Waals surface area contributed by atoms with Crippen molar-refractivity contribution < 1.29 is 19.0 Å². The zero-order valence-electron chi connectivity index (χ0n) is 20.8. The fraction of sp³-hybridized carbons (Fsp3) is 0.519. The van der Waals surface area contributed by atoms with Gasteiger partial charge in [-0.3, -0.25) is 5.32 Å². The maximum atomic E-state index is 12.7. The second kappa shape index (κ2) is 10.7. The van der Waals surface area contributed by atoms with Gasteiger partial charge in [-0.15, -0.1) is 0 Å². The number of amides is 1. The summed E-state index contributed by atoms with van der Waals surface area (Å²) in [7, 11) is 3.89. The average molecular weight is 481 g/mol. The van der Waals surface area contributed by atoms with Crippen LogP contribution in [0.25, 0.3) is 0 Å². The summed E-state index contributed by atoms with van der Waals surface area (Å²) < 4.78 is 17.0. The van der Waals surface area contributed by atoms with E-state index in [0.29, 0.717) is 6.42 Å². The number of benzene rings is 2. The van der Waals surface area contributed by atoms with Gasteiger partial charge < -0.3 is 28.9 Å². The van der Waals surface area contributed by atoms with Gasteiger partial charge in [0.15, 0.2) is 0 Å². The van der Waals surface area contributed by atoms with Crippen molar-refractivity contribution in [1.82, 2.24) is 4.90 Å². The van der Waals surface area contributed by atoms with Crippen molar-refractivity contribution in [2.75, 3.05) is 81.8 Å². The average Bonchev–Trinajstić information content (AvgIpc) is 2.89. The molecule has 0 radical (unpaired) electrons. The van der Waals surface area contributed by atoms with Gasteiger partial charge in [-0.2, -0.15) is 0 Å². The van der Waals surface area contributed by atoms with Crippen LogP contribution in [0, 0.1) is 0 Å². The minimum atomic E-state index is -0.401. The summed E-state index contributed by atoms with van der Waals surface area (Å²) in [5.74, 6) is 0.932. The first kappa shape index (κ1) is 23.8. The zero-order valence-corrected chi connectivity index (χ0v) is 20.8. The molecule has 2 aromatic carbocycles. The maximum absolute atomic E-state index is 12.7. The monoisotopic (exact) mass is 480 g/mol. The van der Waals surface area contributed by atoms with E-state index < -0.39 is 6.09 Å². The molecule has 1 N–H and O–H groups in total.